The zero-order chi connectivity index (χ0) is 9.80. The van der Waals surface area contributed by atoms with Gasteiger partial charge in [0.25, 0.3) is 0 Å². The molecule has 2 rings (SSSR count). The number of rotatable bonds is 3. The molecule has 3 nitrogen and oxygen atoms in total. The summed E-state index contributed by atoms with van der Waals surface area (Å²) >= 11 is 5.19. The Hall–Kier alpha value is -0.100. The minimum Gasteiger partial charge on any atom is -0.364 e. The number of nitrogens with zero attached hydrogens (tertiary/aromatic N) is 1. The lowest BCUT2D eigenvalue weighted by atomic mass is 10.4. The minimum absolute atomic E-state index is 0.953. The molecule has 2 heterocycles. The molecule has 0 atom stereocenters. The van der Waals surface area contributed by atoms with Crippen LogP contribution in [0.25, 0.3) is 0 Å². The van der Waals surface area contributed by atoms with Crippen LogP contribution in [-0.4, -0.2) is 37.7 Å². The van der Waals surface area contributed by atoms with Gasteiger partial charge in [-0.15, -0.1) is 11.3 Å². The van der Waals surface area contributed by atoms with Gasteiger partial charge in [-0.2, -0.15) is 0 Å². The first-order chi connectivity index (χ1) is 6.84. The van der Waals surface area contributed by atoms with Crippen molar-refractivity contribution in [1.82, 2.24) is 10.2 Å². The highest BCUT2D eigenvalue weighted by molar-refractivity contribution is 9.11. The number of anilines is 1. The van der Waals surface area contributed by atoms with Crippen LogP contribution in [0.2, 0.25) is 0 Å². The Bertz CT molecular complexity index is 283. The van der Waals surface area contributed by atoms with Crippen LogP contribution >= 0.6 is 27.3 Å². The molecule has 0 amide bonds. The first kappa shape index (κ1) is 10.4. The second kappa shape index (κ2) is 5.11. The van der Waals surface area contributed by atoms with Gasteiger partial charge in [0.15, 0.2) is 0 Å². The summed E-state index contributed by atoms with van der Waals surface area (Å²) in [6.07, 6.45) is 0. The van der Waals surface area contributed by atoms with Gasteiger partial charge in [-0.05, 0) is 28.1 Å². The highest BCUT2D eigenvalue weighted by Crippen LogP contribution is 2.26. The Morgan fingerprint density at radius 1 is 1.43 bits per heavy atom. The zero-order valence-electron chi connectivity index (χ0n) is 7.92. The van der Waals surface area contributed by atoms with Gasteiger partial charge in [-0.25, -0.2) is 0 Å². The van der Waals surface area contributed by atoms with Gasteiger partial charge < -0.3 is 10.6 Å². The van der Waals surface area contributed by atoms with Gasteiger partial charge in [-0.3, -0.25) is 4.90 Å². The van der Waals surface area contributed by atoms with Crippen molar-refractivity contribution in [3.8, 4) is 0 Å². The molecule has 0 unspecified atom stereocenters. The molecule has 0 aliphatic carbocycles. The van der Waals surface area contributed by atoms with Gasteiger partial charge in [0.05, 0.1) is 15.5 Å². The van der Waals surface area contributed by atoms with E-state index >= 15 is 0 Å². The van der Waals surface area contributed by atoms with E-state index in [4.69, 9.17) is 0 Å². The molecule has 1 saturated heterocycles. The lowest BCUT2D eigenvalue weighted by Gasteiger charge is -2.27. The molecule has 78 valence electrons. The molecule has 1 aliphatic rings. The molecule has 0 aromatic carbocycles. The quantitative estimate of drug-likeness (QED) is 0.881. The molecule has 0 spiro atoms. The summed E-state index contributed by atoms with van der Waals surface area (Å²) in [4.78, 5) is 2.42. The zero-order valence-corrected chi connectivity index (χ0v) is 10.3. The lowest BCUT2D eigenvalue weighted by Crippen LogP contribution is -2.45. The van der Waals surface area contributed by atoms with Crippen molar-refractivity contribution in [2.24, 2.45) is 0 Å². The maximum Gasteiger partial charge on any atom is 0.0904 e. The Kier molecular flexibility index (Phi) is 3.81. The van der Waals surface area contributed by atoms with Crippen LogP contribution in [-0.2, 0) is 0 Å². The van der Waals surface area contributed by atoms with Crippen molar-refractivity contribution in [2.45, 2.75) is 0 Å². The van der Waals surface area contributed by atoms with E-state index < -0.39 is 0 Å². The van der Waals surface area contributed by atoms with E-state index in [1.807, 2.05) is 0 Å². The molecule has 1 aromatic rings. The third kappa shape index (κ3) is 2.95. The number of halogens is 1. The average molecular weight is 276 g/mol. The van der Waals surface area contributed by atoms with Gasteiger partial charge in [0.2, 0.25) is 0 Å². The van der Waals surface area contributed by atoms with Crippen molar-refractivity contribution >= 4 is 32.3 Å². The first-order valence-electron chi connectivity index (χ1n) is 4.77. The molecular weight excluding hydrogens is 262 g/mol. The summed E-state index contributed by atoms with van der Waals surface area (Å²) < 4.78 is 1.18. The van der Waals surface area contributed by atoms with E-state index in [0.717, 1.165) is 32.8 Å². The molecule has 1 fully saturated rings. The number of hydrogen-bond donors (Lipinski definition) is 2. The summed E-state index contributed by atoms with van der Waals surface area (Å²) in [5.41, 5.74) is 0. The Morgan fingerprint density at radius 2 is 2.21 bits per heavy atom. The van der Waals surface area contributed by atoms with Crippen molar-refractivity contribution in [3.63, 3.8) is 0 Å². The molecule has 5 heteroatoms. The predicted molar refractivity (Wildman–Crippen MR) is 65.0 cm³/mol. The topological polar surface area (TPSA) is 27.3 Å². The van der Waals surface area contributed by atoms with Crippen LogP contribution in [0.3, 0.4) is 0 Å². The molecule has 14 heavy (non-hydrogen) atoms. The first-order valence-corrected chi connectivity index (χ1v) is 6.38. The molecular formula is C9H14BrN3S. The lowest BCUT2D eigenvalue weighted by molar-refractivity contribution is 0.257. The summed E-state index contributed by atoms with van der Waals surface area (Å²) in [5.74, 6) is 0. The van der Waals surface area contributed by atoms with Crippen molar-refractivity contribution < 1.29 is 0 Å². The van der Waals surface area contributed by atoms with E-state index in [0.29, 0.717) is 0 Å². The standard InChI is InChI=1S/C9H14BrN3S/c10-8-1-2-9(14-8)12-7-13-5-3-11-4-6-13/h1-2,11-12H,3-7H2. The fourth-order valence-corrected chi connectivity index (χ4v) is 2.74. The van der Waals surface area contributed by atoms with E-state index in [2.05, 4.69) is 43.6 Å². The molecule has 1 aliphatic heterocycles. The molecule has 0 radical (unpaired) electrons. The fraction of sp³-hybridized carbons (Fsp3) is 0.556. The Morgan fingerprint density at radius 3 is 2.86 bits per heavy atom. The predicted octanol–water partition coefficient (Wildman–Crippen LogP) is 1.79. The Labute approximate surface area is 96.6 Å². The van der Waals surface area contributed by atoms with Crippen molar-refractivity contribution in [3.05, 3.63) is 15.9 Å². The van der Waals surface area contributed by atoms with Crippen molar-refractivity contribution in [2.75, 3.05) is 38.2 Å². The number of thiophene rings is 1. The van der Waals surface area contributed by atoms with Crippen molar-refractivity contribution in [1.29, 1.82) is 0 Å². The number of hydrogen-bond acceptors (Lipinski definition) is 4. The van der Waals surface area contributed by atoms with Crippen LogP contribution in [0.4, 0.5) is 5.00 Å². The van der Waals surface area contributed by atoms with E-state index in [1.54, 1.807) is 11.3 Å². The fourth-order valence-electron chi connectivity index (χ4n) is 1.47. The third-order valence-corrected chi connectivity index (χ3v) is 3.84. The van der Waals surface area contributed by atoms with Crippen LogP contribution in [0.15, 0.2) is 15.9 Å². The Balaban J connectivity index is 1.76. The monoisotopic (exact) mass is 275 g/mol. The second-order valence-electron chi connectivity index (χ2n) is 3.31. The van der Waals surface area contributed by atoms with Gasteiger partial charge in [-0.1, -0.05) is 0 Å². The largest absolute Gasteiger partial charge is 0.364 e. The van der Waals surface area contributed by atoms with E-state index in [1.165, 1.54) is 8.79 Å². The van der Waals surface area contributed by atoms with Gasteiger partial charge in [0.1, 0.15) is 0 Å². The summed E-state index contributed by atoms with van der Waals surface area (Å²) in [6.45, 7) is 5.44. The summed E-state index contributed by atoms with van der Waals surface area (Å²) in [6, 6.07) is 4.18. The minimum atomic E-state index is 0.953. The molecule has 0 bridgehead atoms. The van der Waals surface area contributed by atoms with Crippen LogP contribution in [0.5, 0.6) is 0 Å². The normalized spacial score (nSPS) is 18.4. The smallest absolute Gasteiger partial charge is 0.0904 e. The van der Waals surface area contributed by atoms with E-state index in [-0.39, 0.29) is 0 Å². The maximum atomic E-state index is 3.45. The maximum absolute atomic E-state index is 3.45. The number of piperazine rings is 1. The third-order valence-electron chi connectivity index (χ3n) is 2.26. The summed E-state index contributed by atoms with van der Waals surface area (Å²) in [5, 5.41) is 8.00. The van der Waals surface area contributed by atoms with Crippen LogP contribution in [0.1, 0.15) is 0 Å². The molecule has 2 N–H and O–H groups in total. The molecule has 0 saturated carbocycles. The SMILES string of the molecule is Brc1ccc(NCN2CCNCC2)s1. The van der Waals surface area contributed by atoms with Gasteiger partial charge in [0, 0.05) is 26.2 Å². The van der Waals surface area contributed by atoms with E-state index in [9.17, 15) is 0 Å². The summed E-state index contributed by atoms with van der Waals surface area (Å²) in [7, 11) is 0. The highest BCUT2D eigenvalue weighted by Gasteiger charge is 2.08. The number of nitrogens with one attached hydrogen (secondary N) is 2. The molecule has 1 aromatic heterocycles. The van der Waals surface area contributed by atoms with Crippen LogP contribution < -0.4 is 10.6 Å². The highest BCUT2D eigenvalue weighted by atomic mass is 79.9. The second-order valence-corrected chi connectivity index (χ2v) is 5.77. The average Bonchev–Trinajstić information content (AvgIpc) is 2.63. The van der Waals surface area contributed by atoms with Gasteiger partial charge >= 0.3 is 0 Å². The van der Waals surface area contributed by atoms with Crippen LogP contribution in [0, 0.1) is 0 Å².